The van der Waals surface area contributed by atoms with E-state index in [1.807, 2.05) is 31.2 Å². The number of para-hydroxylation sites is 1. The van der Waals surface area contributed by atoms with E-state index in [4.69, 9.17) is 0 Å². The quantitative estimate of drug-likeness (QED) is 0.658. The van der Waals surface area contributed by atoms with Crippen molar-refractivity contribution < 1.29 is 23.7 Å². The van der Waals surface area contributed by atoms with Crippen molar-refractivity contribution >= 4 is 17.5 Å². The molecule has 0 radical (unpaired) electrons. The second-order valence-corrected chi connectivity index (χ2v) is 6.24. The van der Waals surface area contributed by atoms with Crippen molar-refractivity contribution in [3.63, 3.8) is 0 Å². The van der Waals surface area contributed by atoms with Crippen LogP contribution in [0.5, 0.6) is 0 Å². The van der Waals surface area contributed by atoms with E-state index in [1.54, 1.807) is 12.2 Å². The molecule has 1 atom stereocenters. The predicted molar refractivity (Wildman–Crippen MR) is 99.0 cm³/mol. The van der Waals surface area contributed by atoms with Crippen LogP contribution in [0.4, 0.5) is 14.5 Å². The molecule has 2 aromatic rings. The van der Waals surface area contributed by atoms with Gasteiger partial charge in [0.05, 0.1) is 6.54 Å². The number of carbonyl (C=O) groups excluding carboxylic acids is 2. The summed E-state index contributed by atoms with van der Waals surface area (Å²) >= 11 is 0. The first-order valence-corrected chi connectivity index (χ1v) is 8.83. The minimum absolute atomic E-state index is 0.0684. The average molecular weight is 376 g/mol. The van der Waals surface area contributed by atoms with Crippen LogP contribution < -0.4 is 16.0 Å². The van der Waals surface area contributed by atoms with Gasteiger partial charge in [0.2, 0.25) is 5.91 Å². The molecule has 0 unspecified atom stereocenters. The van der Waals surface area contributed by atoms with E-state index in [2.05, 4.69) is 10.6 Å². The Morgan fingerprint density at radius 1 is 1.07 bits per heavy atom. The highest BCUT2D eigenvalue weighted by atomic mass is 19.2. The van der Waals surface area contributed by atoms with Gasteiger partial charge in [-0.05, 0) is 43.2 Å². The van der Waals surface area contributed by atoms with Crippen LogP contribution in [0.2, 0.25) is 0 Å². The number of hydrogen-bond acceptors (Lipinski definition) is 2. The number of nitrogens with one attached hydrogen (secondary N) is 2. The van der Waals surface area contributed by atoms with Crippen molar-refractivity contribution in [2.75, 3.05) is 18.4 Å². The molecule has 0 heterocycles. The zero-order valence-corrected chi connectivity index (χ0v) is 15.4. The maximum atomic E-state index is 13.3. The molecule has 144 valence electrons. The van der Waals surface area contributed by atoms with Crippen LogP contribution in [0, 0.1) is 11.6 Å². The average Bonchev–Trinajstić information content (AvgIpc) is 2.67. The molecule has 7 heteroatoms. The SMILES string of the molecule is CCc1ccccc1NC(=O)CNC(=O)C[NH2+][C@@H](C)c1ccc(F)c(F)c1. The molecule has 4 N–H and O–H groups in total. The Labute approximate surface area is 157 Å². The number of benzene rings is 2. The molecule has 0 saturated heterocycles. The zero-order valence-electron chi connectivity index (χ0n) is 15.4. The maximum absolute atomic E-state index is 13.3. The summed E-state index contributed by atoms with van der Waals surface area (Å²) < 4.78 is 26.2. The molecule has 5 nitrogen and oxygen atoms in total. The van der Waals surface area contributed by atoms with E-state index in [0.717, 1.165) is 29.8 Å². The van der Waals surface area contributed by atoms with Crippen molar-refractivity contribution in [1.82, 2.24) is 5.32 Å². The third kappa shape index (κ3) is 6.14. The lowest BCUT2D eigenvalue weighted by atomic mass is 10.1. The van der Waals surface area contributed by atoms with Crippen LogP contribution in [-0.4, -0.2) is 24.9 Å². The molecule has 0 fully saturated rings. The van der Waals surface area contributed by atoms with E-state index in [1.165, 1.54) is 6.07 Å². The molecule has 0 spiro atoms. The Hall–Kier alpha value is -2.80. The number of halogens is 2. The minimum Gasteiger partial charge on any atom is -0.342 e. The lowest BCUT2D eigenvalue weighted by Crippen LogP contribution is -2.87. The number of quaternary nitrogens is 1. The number of aryl methyl sites for hydroxylation is 1. The van der Waals surface area contributed by atoms with Gasteiger partial charge < -0.3 is 16.0 Å². The van der Waals surface area contributed by atoms with E-state index in [0.29, 0.717) is 5.56 Å². The van der Waals surface area contributed by atoms with Crippen LogP contribution in [0.25, 0.3) is 0 Å². The van der Waals surface area contributed by atoms with E-state index in [-0.39, 0.29) is 30.9 Å². The third-order valence-electron chi connectivity index (χ3n) is 4.24. The van der Waals surface area contributed by atoms with Crippen molar-refractivity contribution in [2.24, 2.45) is 0 Å². The molecule has 0 bridgehead atoms. The second kappa shape index (κ2) is 9.78. The molecule has 0 aliphatic rings. The fourth-order valence-electron chi connectivity index (χ4n) is 2.61. The summed E-state index contributed by atoms with van der Waals surface area (Å²) in [6, 6.07) is 10.9. The number of carbonyl (C=O) groups is 2. The lowest BCUT2D eigenvalue weighted by molar-refractivity contribution is -0.682. The largest absolute Gasteiger partial charge is 0.342 e. The normalized spacial score (nSPS) is 11.7. The first kappa shape index (κ1) is 20.5. The fraction of sp³-hybridized carbons (Fsp3) is 0.300. The molecule has 2 aromatic carbocycles. The maximum Gasteiger partial charge on any atom is 0.275 e. The van der Waals surface area contributed by atoms with Gasteiger partial charge in [-0.3, -0.25) is 9.59 Å². The van der Waals surface area contributed by atoms with Crippen molar-refractivity contribution in [3.05, 3.63) is 65.2 Å². The van der Waals surface area contributed by atoms with Gasteiger partial charge in [0, 0.05) is 11.3 Å². The monoisotopic (exact) mass is 376 g/mol. The molecule has 0 aliphatic heterocycles. The molecular weight excluding hydrogens is 352 g/mol. The van der Waals surface area contributed by atoms with Gasteiger partial charge >= 0.3 is 0 Å². The Balaban J connectivity index is 1.77. The second-order valence-electron chi connectivity index (χ2n) is 6.24. The minimum atomic E-state index is -0.916. The van der Waals surface area contributed by atoms with Crippen molar-refractivity contribution in [2.45, 2.75) is 26.3 Å². The van der Waals surface area contributed by atoms with Crippen LogP contribution in [0.3, 0.4) is 0 Å². The first-order chi connectivity index (χ1) is 12.9. The molecule has 0 aliphatic carbocycles. The molecule has 27 heavy (non-hydrogen) atoms. The number of anilines is 1. The summed E-state index contributed by atoms with van der Waals surface area (Å²) in [6.07, 6.45) is 0.791. The number of hydrogen-bond donors (Lipinski definition) is 3. The van der Waals surface area contributed by atoms with E-state index < -0.39 is 11.6 Å². The van der Waals surface area contributed by atoms with Gasteiger partial charge in [-0.1, -0.05) is 25.1 Å². The molecule has 2 rings (SSSR count). The van der Waals surface area contributed by atoms with Gasteiger partial charge in [-0.15, -0.1) is 0 Å². The zero-order chi connectivity index (χ0) is 19.8. The van der Waals surface area contributed by atoms with Gasteiger partial charge in [-0.2, -0.15) is 0 Å². The summed E-state index contributed by atoms with van der Waals surface area (Å²) in [6.45, 7) is 3.72. The molecule has 0 aromatic heterocycles. The standard InChI is InChI=1S/C20H23F2N3O2/c1-3-14-6-4-5-7-18(14)25-20(27)12-24-19(26)11-23-13(2)15-8-9-16(21)17(22)10-15/h4-10,13,23H,3,11-12H2,1-2H3,(H,24,26)(H,25,27)/p+1/t13-/m0/s1. The van der Waals surface area contributed by atoms with Crippen LogP contribution in [0.15, 0.2) is 42.5 Å². The Morgan fingerprint density at radius 3 is 2.52 bits per heavy atom. The summed E-state index contributed by atoms with van der Waals surface area (Å²) in [5.74, 6) is -2.44. The highest BCUT2D eigenvalue weighted by Gasteiger charge is 2.14. The Bertz CT molecular complexity index is 812. The molecule has 0 saturated carbocycles. The molecular formula is C20H24F2N3O2+. The summed E-state index contributed by atoms with van der Waals surface area (Å²) in [5, 5.41) is 7.02. The van der Waals surface area contributed by atoms with Crippen LogP contribution in [0.1, 0.15) is 31.0 Å². The van der Waals surface area contributed by atoms with Crippen molar-refractivity contribution in [3.8, 4) is 0 Å². The Morgan fingerprint density at radius 2 is 1.81 bits per heavy atom. The van der Waals surface area contributed by atoms with Crippen molar-refractivity contribution in [1.29, 1.82) is 0 Å². The topological polar surface area (TPSA) is 74.8 Å². The van der Waals surface area contributed by atoms with Crippen LogP contribution in [-0.2, 0) is 16.0 Å². The van der Waals surface area contributed by atoms with E-state index in [9.17, 15) is 18.4 Å². The van der Waals surface area contributed by atoms with Crippen LogP contribution >= 0.6 is 0 Å². The molecule has 2 amide bonds. The smallest absolute Gasteiger partial charge is 0.275 e. The van der Waals surface area contributed by atoms with Gasteiger partial charge in [0.25, 0.3) is 5.91 Å². The summed E-state index contributed by atoms with van der Waals surface area (Å²) in [7, 11) is 0. The summed E-state index contributed by atoms with van der Waals surface area (Å²) in [4.78, 5) is 23.9. The van der Waals surface area contributed by atoms with E-state index >= 15 is 0 Å². The highest BCUT2D eigenvalue weighted by molar-refractivity contribution is 5.95. The highest BCUT2D eigenvalue weighted by Crippen LogP contribution is 2.15. The number of rotatable bonds is 8. The van der Waals surface area contributed by atoms with Gasteiger partial charge in [0.1, 0.15) is 6.04 Å². The third-order valence-corrected chi connectivity index (χ3v) is 4.24. The van der Waals surface area contributed by atoms with Gasteiger partial charge in [0.15, 0.2) is 18.2 Å². The summed E-state index contributed by atoms with van der Waals surface area (Å²) in [5.41, 5.74) is 2.33. The number of amides is 2. The fourth-order valence-corrected chi connectivity index (χ4v) is 2.61. The predicted octanol–water partition coefficient (Wildman–Crippen LogP) is 1.91. The number of nitrogens with two attached hydrogens (primary N) is 1. The van der Waals surface area contributed by atoms with Gasteiger partial charge in [-0.25, -0.2) is 8.78 Å². The first-order valence-electron chi connectivity index (χ1n) is 8.83. The Kier molecular flexibility index (Phi) is 7.43. The lowest BCUT2D eigenvalue weighted by Gasteiger charge is -2.12.